The van der Waals surface area contributed by atoms with Gasteiger partial charge in [0.15, 0.2) is 0 Å². The van der Waals surface area contributed by atoms with Crippen LogP contribution in [0.4, 0.5) is 0 Å². The quantitative estimate of drug-likeness (QED) is 0.100. The maximum absolute atomic E-state index is 11.8. The van der Waals surface area contributed by atoms with Crippen LogP contribution >= 0.6 is 0 Å². The largest absolute Gasteiger partial charge is 0.490 e. The highest BCUT2D eigenvalue weighted by atomic mass is 16.6. The van der Waals surface area contributed by atoms with Crippen molar-refractivity contribution in [3.8, 4) is 11.5 Å². The van der Waals surface area contributed by atoms with E-state index in [1.54, 1.807) is 0 Å². The molecule has 2 rings (SSSR count). The fourth-order valence-corrected chi connectivity index (χ4v) is 4.19. The van der Waals surface area contributed by atoms with Gasteiger partial charge in [0, 0.05) is 17.5 Å². The Morgan fingerprint density at radius 2 is 1.34 bits per heavy atom. The molecule has 0 heterocycles. The molecule has 0 fully saturated rings. The van der Waals surface area contributed by atoms with E-state index in [2.05, 4.69) is 27.0 Å². The SMILES string of the molecule is C=CC(=O)OC(CCCCCC)COc1ccc2c(OCC(CCCCCC)OC(=O)C=C)cccc2c1. The predicted octanol–water partition coefficient (Wildman–Crippen LogP) is 7.73. The minimum atomic E-state index is -0.434. The number of carbonyl (C=O) groups excluding carboxylic acids is 2. The first-order valence-electron chi connectivity index (χ1n) is 13.9. The van der Waals surface area contributed by atoms with Gasteiger partial charge in [-0.2, -0.15) is 0 Å². The van der Waals surface area contributed by atoms with Gasteiger partial charge in [0.05, 0.1) is 0 Å². The molecule has 0 amide bonds. The van der Waals surface area contributed by atoms with Crippen molar-refractivity contribution >= 4 is 22.7 Å². The van der Waals surface area contributed by atoms with Crippen molar-refractivity contribution in [2.24, 2.45) is 0 Å². The number of hydrogen-bond donors (Lipinski definition) is 0. The summed E-state index contributed by atoms with van der Waals surface area (Å²) in [5, 5.41) is 1.90. The van der Waals surface area contributed by atoms with Crippen LogP contribution in [0.3, 0.4) is 0 Å². The van der Waals surface area contributed by atoms with Crippen LogP contribution in [0.2, 0.25) is 0 Å². The second kappa shape index (κ2) is 18.1. The molecule has 2 aromatic rings. The summed E-state index contributed by atoms with van der Waals surface area (Å²) >= 11 is 0. The molecule has 2 unspecified atom stereocenters. The molecule has 0 aliphatic heterocycles. The van der Waals surface area contributed by atoms with Crippen molar-refractivity contribution in [3.63, 3.8) is 0 Å². The van der Waals surface area contributed by atoms with Gasteiger partial charge in [0.25, 0.3) is 0 Å². The van der Waals surface area contributed by atoms with Crippen molar-refractivity contribution in [2.45, 2.75) is 90.3 Å². The molecule has 6 nitrogen and oxygen atoms in total. The highest BCUT2D eigenvalue weighted by Gasteiger charge is 2.16. The average molecular weight is 525 g/mol. The van der Waals surface area contributed by atoms with Crippen LogP contribution < -0.4 is 9.47 Å². The third-order valence-electron chi connectivity index (χ3n) is 6.33. The van der Waals surface area contributed by atoms with Gasteiger partial charge in [-0.25, -0.2) is 9.59 Å². The minimum Gasteiger partial charge on any atom is -0.490 e. The predicted molar refractivity (Wildman–Crippen MR) is 153 cm³/mol. The monoisotopic (exact) mass is 524 g/mol. The number of unbranched alkanes of at least 4 members (excludes halogenated alkanes) is 6. The number of hydrogen-bond acceptors (Lipinski definition) is 6. The second-order valence-electron chi connectivity index (χ2n) is 9.49. The van der Waals surface area contributed by atoms with Crippen molar-refractivity contribution in [1.29, 1.82) is 0 Å². The van der Waals surface area contributed by atoms with Gasteiger partial charge in [-0.1, -0.05) is 77.7 Å². The minimum absolute atomic E-state index is 0.275. The molecule has 6 heteroatoms. The lowest BCUT2D eigenvalue weighted by atomic mass is 10.1. The summed E-state index contributed by atoms with van der Waals surface area (Å²) in [5.74, 6) is 0.542. The van der Waals surface area contributed by atoms with Gasteiger partial charge in [-0.05, 0) is 55.3 Å². The van der Waals surface area contributed by atoms with Gasteiger partial charge in [0.1, 0.15) is 36.9 Å². The Hall–Kier alpha value is -3.28. The number of ether oxygens (including phenoxy) is 4. The zero-order chi connectivity index (χ0) is 27.6. The van der Waals surface area contributed by atoms with Crippen LogP contribution in [0.1, 0.15) is 78.1 Å². The second-order valence-corrected chi connectivity index (χ2v) is 9.49. The Kier molecular flexibility index (Phi) is 14.7. The van der Waals surface area contributed by atoms with E-state index in [1.165, 1.54) is 12.2 Å². The van der Waals surface area contributed by atoms with Crippen LogP contribution in [-0.4, -0.2) is 37.4 Å². The highest BCUT2D eigenvalue weighted by molar-refractivity contribution is 5.89. The van der Waals surface area contributed by atoms with Crippen molar-refractivity contribution in [2.75, 3.05) is 13.2 Å². The first kappa shape index (κ1) is 30.9. The first-order chi connectivity index (χ1) is 18.5. The standard InChI is InChI=1S/C32H44O6/c1-5-9-11-13-17-27(37-31(33)7-3)23-35-26-20-21-29-25(22-26)16-15-19-30(29)36-24-28(38-32(34)8-4)18-14-12-10-6-2/h7-8,15-16,19-22,27-28H,3-6,9-14,17-18,23-24H2,1-2H3. The smallest absolute Gasteiger partial charge is 0.330 e. The Bertz CT molecular complexity index is 1010. The summed E-state index contributed by atoms with van der Waals surface area (Å²) in [6.45, 7) is 11.9. The number of carbonyl (C=O) groups is 2. The molecule has 0 saturated heterocycles. The van der Waals surface area contributed by atoms with Gasteiger partial charge < -0.3 is 18.9 Å². The molecule has 0 radical (unpaired) electrons. The van der Waals surface area contributed by atoms with E-state index >= 15 is 0 Å². The van der Waals surface area contributed by atoms with Crippen LogP contribution in [0.25, 0.3) is 10.8 Å². The van der Waals surface area contributed by atoms with E-state index in [1.807, 2.05) is 36.4 Å². The van der Waals surface area contributed by atoms with E-state index in [0.29, 0.717) is 5.75 Å². The highest BCUT2D eigenvalue weighted by Crippen LogP contribution is 2.29. The maximum Gasteiger partial charge on any atom is 0.330 e. The Morgan fingerprint density at radius 1 is 0.763 bits per heavy atom. The van der Waals surface area contributed by atoms with E-state index < -0.39 is 11.9 Å². The van der Waals surface area contributed by atoms with Gasteiger partial charge >= 0.3 is 11.9 Å². The fourth-order valence-electron chi connectivity index (χ4n) is 4.19. The number of benzene rings is 2. The first-order valence-corrected chi connectivity index (χ1v) is 13.9. The average Bonchev–Trinajstić information content (AvgIpc) is 2.94. The fraction of sp³-hybridized carbons (Fsp3) is 0.500. The molecule has 0 aliphatic carbocycles. The Morgan fingerprint density at radius 3 is 1.89 bits per heavy atom. The van der Waals surface area contributed by atoms with Crippen LogP contribution in [0, 0.1) is 0 Å². The maximum atomic E-state index is 11.8. The number of fused-ring (bicyclic) bond motifs is 1. The molecule has 38 heavy (non-hydrogen) atoms. The molecule has 2 aromatic carbocycles. The molecule has 2 atom stereocenters. The van der Waals surface area contributed by atoms with Crippen molar-refractivity contribution < 1.29 is 28.5 Å². The number of rotatable bonds is 20. The Balaban J connectivity index is 2.03. The van der Waals surface area contributed by atoms with Crippen LogP contribution in [0.5, 0.6) is 11.5 Å². The molecular formula is C32H44O6. The van der Waals surface area contributed by atoms with Gasteiger partial charge in [-0.3, -0.25) is 0 Å². The lowest BCUT2D eigenvalue weighted by Crippen LogP contribution is -2.24. The molecule has 0 spiro atoms. The zero-order valence-electron chi connectivity index (χ0n) is 23.1. The summed E-state index contributed by atoms with van der Waals surface area (Å²) in [7, 11) is 0. The van der Waals surface area contributed by atoms with E-state index in [4.69, 9.17) is 18.9 Å². The third-order valence-corrected chi connectivity index (χ3v) is 6.33. The van der Waals surface area contributed by atoms with E-state index in [0.717, 1.165) is 80.7 Å². The van der Waals surface area contributed by atoms with Crippen LogP contribution in [0.15, 0.2) is 61.7 Å². The van der Waals surface area contributed by atoms with Crippen molar-refractivity contribution in [3.05, 3.63) is 61.7 Å². The summed E-state index contributed by atoms with van der Waals surface area (Å²) in [4.78, 5) is 23.6. The van der Waals surface area contributed by atoms with Gasteiger partial charge in [-0.15, -0.1) is 0 Å². The van der Waals surface area contributed by atoms with Gasteiger partial charge in [0.2, 0.25) is 0 Å². The molecule has 208 valence electrons. The molecule has 0 aliphatic rings. The molecule has 0 saturated carbocycles. The van der Waals surface area contributed by atoms with E-state index in [-0.39, 0.29) is 25.4 Å². The Labute approximate surface area is 228 Å². The molecule has 0 N–H and O–H groups in total. The van der Waals surface area contributed by atoms with Crippen LogP contribution in [-0.2, 0) is 19.1 Å². The number of esters is 2. The van der Waals surface area contributed by atoms with E-state index in [9.17, 15) is 9.59 Å². The van der Waals surface area contributed by atoms with Crippen molar-refractivity contribution in [1.82, 2.24) is 0 Å². The topological polar surface area (TPSA) is 71.1 Å². The molecule has 0 bridgehead atoms. The summed E-state index contributed by atoms with van der Waals surface area (Å²) in [6, 6.07) is 11.6. The third kappa shape index (κ3) is 11.4. The summed E-state index contributed by atoms with van der Waals surface area (Å²) in [6.07, 6.45) is 12.0. The molecule has 0 aromatic heterocycles. The molecular weight excluding hydrogens is 480 g/mol. The lowest BCUT2D eigenvalue weighted by molar-refractivity contribution is -0.145. The summed E-state index contributed by atoms with van der Waals surface area (Å²) in [5.41, 5.74) is 0. The lowest BCUT2D eigenvalue weighted by Gasteiger charge is -2.19. The summed E-state index contributed by atoms with van der Waals surface area (Å²) < 4.78 is 23.2. The zero-order valence-corrected chi connectivity index (χ0v) is 23.1. The normalized spacial score (nSPS) is 12.4.